The van der Waals surface area contributed by atoms with Crippen molar-refractivity contribution in [1.29, 1.82) is 0 Å². The number of H-pyrrole nitrogens is 1. The van der Waals surface area contributed by atoms with Crippen molar-refractivity contribution in [3.05, 3.63) is 40.5 Å². The van der Waals surface area contributed by atoms with Crippen LogP contribution in [0.15, 0.2) is 24.3 Å². The average molecular weight is 260 g/mol. The molecule has 1 fully saturated rings. The molecule has 2 aliphatic heterocycles. The molecule has 2 aliphatic rings. The maximum atomic E-state index is 6.29. The van der Waals surface area contributed by atoms with Crippen LogP contribution in [-0.2, 0) is 6.42 Å². The first kappa shape index (κ1) is 10.6. The van der Waals surface area contributed by atoms with Gasteiger partial charge in [0.1, 0.15) is 0 Å². The maximum absolute atomic E-state index is 6.29. The fraction of sp³-hybridized carbons (Fsp3) is 0.357. The molecule has 1 saturated heterocycles. The fourth-order valence-corrected chi connectivity index (χ4v) is 3.46. The van der Waals surface area contributed by atoms with Gasteiger partial charge in [-0.3, -0.25) is 5.10 Å². The number of rotatable bonds is 1. The van der Waals surface area contributed by atoms with E-state index in [-0.39, 0.29) is 0 Å². The Bertz CT molecular complexity index is 605. The molecule has 0 spiro atoms. The van der Waals surface area contributed by atoms with Crippen LogP contribution in [0.25, 0.3) is 11.3 Å². The maximum Gasteiger partial charge on any atom is 0.0986 e. The molecule has 0 unspecified atom stereocenters. The molecule has 0 saturated carbocycles. The normalized spacial score (nSPS) is 25.2. The van der Waals surface area contributed by atoms with Gasteiger partial charge in [-0.25, -0.2) is 0 Å². The molecule has 1 aromatic heterocycles. The molecule has 1 aromatic carbocycles. The molecular weight excluding hydrogens is 246 g/mol. The first-order valence-electron chi connectivity index (χ1n) is 6.41. The number of benzene rings is 1. The third kappa shape index (κ3) is 1.44. The van der Waals surface area contributed by atoms with Gasteiger partial charge in [0.2, 0.25) is 0 Å². The van der Waals surface area contributed by atoms with Crippen LogP contribution in [0, 0.1) is 0 Å². The summed E-state index contributed by atoms with van der Waals surface area (Å²) < 4.78 is 0. The molecular formula is C14H14ClN3. The van der Waals surface area contributed by atoms with Crippen molar-refractivity contribution in [3.8, 4) is 11.3 Å². The van der Waals surface area contributed by atoms with Crippen LogP contribution in [-0.4, -0.2) is 16.2 Å². The second-order valence-corrected chi connectivity index (χ2v) is 5.55. The van der Waals surface area contributed by atoms with Crippen LogP contribution < -0.4 is 5.32 Å². The monoisotopic (exact) mass is 259 g/mol. The quantitative estimate of drug-likeness (QED) is 0.826. The van der Waals surface area contributed by atoms with E-state index in [2.05, 4.69) is 15.5 Å². The van der Waals surface area contributed by atoms with E-state index in [0.29, 0.717) is 12.1 Å². The molecule has 0 aliphatic carbocycles. The second kappa shape index (κ2) is 3.84. The van der Waals surface area contributed by atoms with Crippen molar-refractivity contribution in [1.82, 2.24) is 15.5 Å². The van der Waals surface area contributed by atoms with E-state index in [9.17, 15) is 0 Å². The fourth-order valence-electron chi connectivity index (χ4n) is 3.23. The van der Waals surface area contributed by atoms with Crippen LogP contribution in [0.5, 0.6) is 0 Å². The predicted molar refractivity (Wildman–Crippen MR) is 71.6 cm³/mol. The van der Waals surface area contributed by atoms with E-state index >= 15 is 0 Å². The summed E-state index contributed by atoms with van der Waals surface area (Å²) in [7, 11) is 0. The number of aromatic nitrogens is 2. The molecule has 18 heavy (non-hydrogen) atoms. The van der Waals surface area contributed by atoms with E-state index in [1.54, 1.807) is 0 Å². The Hall–Kier alpha value is -1.32. The van der Waals surface area contributed by atoms with Crippen molar-refractivity contribution in [3.63, 3.8) is 0 Å². The SMILES string of the molecule is Clc1ccccc1-c1n[nH]c2c1[C@H]1CC[C@@H](C2)N1. The molecule has 2 atom stereocenters. The highest BCUT2D eigenvalue weighted by atomic mass is 35.5. The summed E-state index contributed by atoms with van der Waals surface area (Å²) in [4.78, 5) is 0. The Balaban J connectivity index is 1.89. The van der Waals surface area contributed by atoms with Gasteiger partial charge in [0.05, 0.1) is 10.7 Å². The summed E-state index contributed by atoms with van der Waals surface area (Å²) in [5.74, 6) is 0. The molecule has 0 amide bonds. The van der Waals surface area contributed by atoms with Gasteiger partial charge < -0.3 is 5.32 Å². The zero-order valence-electron chi connectivity index (χ0n) is 9.91. The highest BCUT2D eigenvalue weighted by molar-refractivity contribution is 6.33. The van der Waals surface area contributed by atoms with Gasteiger partial charge in [-0.05, 0) is 18.9 Å². The zero-order chi connectivity index (χ0) is 12.1. The Labute approximate surface area is 111 Å². The summed E-state index contributed by atoms with van der Waals surface area (Å²) >= 11 is 6.29. The Morgan fingerprint density at radius 1 is 1.22 bits per heavy atom. The standard InChI is InChI=1S/C14H14ClN3/c15-10-4-2-1-3-9(10)14-13-11-6-5-8(16-11)7-12(13)17-18-14/h1-4,8,11,16H,5-7H2,(H,17,18)/t8-,11+/m0/s1. The molecule has 0 radical (unpaired) electrons. The van der Waals surface area contributed by atoms with Crippen LogP contribution >= 0.6 is 11.6 Å². The Morgan fingerprint density at radius 3 is 3.00 bits per heavy atom. The van der Waals surface area contributed by atoms with E-state index in [1.165, 1.54) is 24.1 Å². The number of hydrogen-bond acceptors (Lipinski definition) is 2. The summed E-state index contributed by atoms with van der Waals surface area (Å²) in [5.41, 5.74) is 4.67. The van der Waals surface area contributed by atoms with E-state index in [0.717, 1.165) is 22.7 Å². The Morgan fingerprint density at radius 2 is 2.11 bits per heavy atom. The lowest BCUT2D eigenvalue weighted by atomic mass is 9.96. The van der Waals surface area contributed by atoms with Crippen LogP contribution in [0.1, 0.15) is 30.1 Å². The number of nitrogens with zero attached hydrogens (tertiary/aromatic N) is 1. The van der Waals surface area contributed by atoms with Gasteiger partial charge in [-0.2, -0.15) is 5.10 Å². The molecule has 4 rings (SSSR count). The molecule has 2 bridgehead atoms. The number of aromatic amines is 1. The number of nitrogens with one attached hydrogen (secondary N) is 2. The van der Waals surface area contributed by atoms with E-state index in [4.69, 9.17) is 11.6 Å². The van der Waals surface area contributed by atoms with Crippen LogP contribution in [0.3, 0.4) is 0 Å². The van der Waals surface area contributed by atoms with Crippen molar-refractivity contribution >= 4 is 11.6 Å². The molecule has 92 valence electrons. The topological polar surface area (TPSA) is 40.7 Å². The summed E-state index contributed by atoms with van der Waals surface area (Å²) in [6, 6.07) is 9.00. The Kier molecular flexibility index (Phi) is 2.26. The van der Waals surface area contributed by atoms with Crippen molar-refractivity contribution in [2.24, 2.45) is 0 Å². The highest BCUT2D eigenvalue weighted by Crippen LogP contribution is 2.41. The molecule has 3 nitrogen and oxygen atoms in total. The predicted octanol–water partition coefficient (Wildman–Crippen LogP) is 3.08. The van der Waals surface area contributed by atoms with Crippen molar-refractivity contribution < 1.29 is 0 Å². The first-order chi connectivity index (χ1) is 8.83. The molecule has 2 aromatic rings. The van der Waals surface area contributed by atoms with Gasteiger partial charge in [0, 0.05) is 35.3 Å². The molecule has 2 N–H and O–H groups in total. The van der Waals surface area contributed by atoms with Crippen molar-refractivity contribution in [2.75, 3.05) is 0 Å². The average Bonchev–Trinajstić information content (AvgIpc) is 2.96. The van der Waals surface area contributed by atoms with E-state index < -0.39 is 0 Å². The second-order valence-electron chi connectivity index (χ2n) is 5.14. The van der Waals surface area contributed by atoms with Crippen LogP contribution in [0.2, 0.25) is 5.02 Å². The minimum absolute atomic E-state index is 0.448. The van der Waals surface area contributed by atoms with Gasteiger partial charge in [0.25, 0.3) is 0 Å². The van der Waals surface area contributed by atoms with Gasteiger partial charge in [0.15, 0.2) is 0 Å². The lowest BCUT2D eigenvalue weighted by Gasteiger charge is -2.21. The van der Waals surface area contributed by atoms with E-state index in [1.807, 2.05) is 24.3 Å². The minimum Gasteiger partial charge on any atom is -0.307 e. The van der Waals surface area contributed by atoms with Gasteiger partial charge in [-0.1, -0.05) is 29.8 Å². The third-order valence-corrected chi connectivity index (χ3v) is 4.38. The smallest absolute Gasteiger partial charge is 0.0986 e. The van der Waals surface area contributed by atoms with Crippen LogP contribution in [0.4, 0.5) is 0 Å². The summed E-state index contributed by atoms with van der Waals surface area (Å²) in [5, 5.41) is 12.1. The minimum atomic E-state index is 0.448. The number of hydrogen-bond donors (Lipinski definition) is 2. The summed E-state index contributed by atoms with van der Waals surface area (Å²) in [6.07, 6.45) is 3.52. The van der Waals surface area contributed by atoms with Crippen molar-refractivity contribution in [2.45, 2.75) is 31.3 Å². The largest absolute Gasteiger partial charge is 0.307 e. The number of fused-ring (bicyclic) bond motifs is 4. The highest BCUT2D eigenvalue weighted by Gasteiger charge is 2.36. The lowest BCUT2D eigenvalue weighted by Crippen LogP contribution is -2.31. The lowest BCUT2D eigenvalue weighted by molar-refractivity contribution is 0.511. The molecule has 3 heterocycles. The zero-order valence-corrected chi connectivity index (χ0v) is 10.7. The number of halogens is 1. The van der Waals surface area contributed by atoms with Gasteiger partial charge in [-0.15, -0.1) is 0 Å². The van der Waals surface area contributed by atoms with Gasteiger partial charge >= 0.3 is 0 Å². The summed E-state index contributed by atoms with van der Waals surface area (Å²) in [6.45, 7) is 0. The third-order valence-electron chi connectivity index (χ3n) is 4.05. The first-order valence-corrected chi connectivity index (χ1v) is 6.79. The molecule has 4 heteroatoms.